The van der Waals surface area contributed by atoms with Gasteiger partial charge in [-0.3, -0.25) is 30.6 Å². The molecule has 0 radical (unpaired) electrons. The summed E-state index contributed by atoms with van der Waals surface area (Å²) in [6.45, 7) is 0. The third kappa shape index (κ3) is 4.67. The molecular weight excluding hydrogens is 362 g/mol. The molecule has 2 N–H and O–H groups in total. The van der Waals surface area contributed by atoms with Crippen LogP contribution < -0.4 is 10.9 Å². The van der Waals surface area contributed by atoms with E-state index in [4.69, 9.17) is 0 Å². The van der Waals surface area contributed by atoms with Crippen LogP contribution in [-0.2, 0) is 4.79 Å². The Balaban J connectivity index is 1.56. The molecule has 3 aromatic rings. The van der Waals surface area contributed by atoms with Crippen LogP contribution in [0.15, 0.2) is 73.1 Å². The van der Waals surface area contributed by atoms with Crippen LogP contribution in [0.25, 0.3) is 11.8 Å². The minimum Gasteiger partial charge on any atom is -0.268 e. The Morgan fingerprint density at radius 2 is 1.86 bits per heavy atom. The van der Waals surface area contributed by atoms with Crippen molar-refractivity contribution in [1.29, 1.82) is 0 Å². The monoisotopic (exact) mass is 377 g/mol. The van der Waals surface area contributed by atoms with Gasteiger partial charge in [-0.05, 0) is 24.3 Å². The first-order valence-electron chi connectivity index (χ1n) is 8.16. The maximum atomic E-state index is 12.0. The quantitative estimate of drug-likeness (QED) is 0.401. The van der Waals surface area contributed by atoms with Gasteiger partial charge in [-0.2, -0.15) is 5.10 Å². The van der Waals surface area contributed by atoms with E-state index in [0.29, 0.717) is 5.56 Å². The molecule has 2 aromatic carbocycles. The number of nitrogens with zero attached hydrogens (tertiary/aromatic N) is 3. The third-order valence-corrected chi connectivity index (χ3v) is 3.67. The van der Waals surface area contributed by atoms with Crippen molar-refractivity contribution >= 4 is 23.6 Å². The fourth-order valence-corrected chi connectivity index (χ4v) is 2.31. The first kappa shape index (κ1) is 18.5. The lowest BCUT2D eigenvalue weighted by Crippen LogP contribution is -2.40. The SMILES string of the molecule is O=C(/C=C/c1cnn(-c2ccccc2)c1)NNC(=O)c1cccc([N+](=O)[O-])c1. The van der Waals surface area contributed by atoms with Crippen LogP contribution in [0.1, 0.15) is 15.9 Å². The summed E-state index contributed by atoms with van der Waals surface area (Å²) in [6.07, 6.45) is 6.13. The van der Waals surface area contributed by atoms with Gasteiger partial charge in [0.25, 0.3) is 17.5 Å². The summed E-state index contributed by atoms with van der Waals surface area (Å²) in [7, 11) is 0. The molecule has 0 saturated heterocycles. The van der Waals surface area contributed by atoms with E-state index >= 15 is 0 Å². The Morgan fingerprint density at radius 1 is 1.07 bits per heavy atom. The second kappa shape index (κ2) is 8.41. The molecule has 0 saturated carbocycles. The molecule has 140 valence electrons. The fourth-order valence-electron chi connectivity index (χ4n) is 2.31. The van der Waals surface area contributed by atoms with Crippen LogP contribution in [-0.4, -0.2) is 26.5 Å². The number of hydrazine groups is 1. The summed E-state index contributed by atoms with van der Waals surface area (Å²) < 4.78 is 1.67. The van der Waals surface area contributed by atoms with E-state index in [9.17, 15) is 19.7 Å². The Hall–Kier alpha value is -4.27. The standard InChI is InChI=1S/C19H15N5O4/c25-18(21-22-19(26)15-5-4-8-17(11-15)24(27)28)10-9-14-12-20-23(13-14)16-6-2-1-3-7-16/h1-13H,(H,21,25)(H,22,26)/b10-9+. The summed E-state index contributed by atoms with van der Waals surface area (Å²) in [5, 5.41) is 15.0. The second-order valence-electron chi connectivity index (χ2n) is 5.64. The zero-order valence-electron chi connectivity index (χ0n) is 14.5. The Morgan fingerprint density at radius 3 is 2.61 bits per heavy atom. The van der Waals surface area contributed by atoms with Gasteiger partial charge in [-0.1, -0.05) is 24.3 Å². The van der Waals surface area contributed by atoms with Crippen molar-refractivity contribution in [2.75, 3.05) is 0 Å². The van der Waals surface area contributed by atoms with Crippen LogP contribution in [0.4, 0.5) is 5.69 Å². The molecule has 0 bridgehead atoms. The van der Waals surface area contributed by atoms with Gasteiger partial charge in [-0.15, -0.1) is 0 Å². The highest BCUT2D eigenvalue weighted by molar-refractivity contribution is 5.98. The number of carbonyl (C=O) groups excluding carboxylic acids is 2. The van der Waals surface area contributed by atoms with Crippen molar-refractivity contribution in [1.82, 2.24) is 20.6 Å². The van der Waals surface area contributed by atoms with Crippen LogP contribution >= 0.6 is 0 Å². The topological polar surface area (TPSA) is 119 Å². The van der Waals surface area contributed by atoms with Gasteiger partial charge in [0.05, 0.1) is 16.8 Å². The van der Waals surface area contributed by atoms with Crippen LogP contribution in [0.5, 0.6) is 0 Å². The normalized spacial score (nSPS) is 10.6. The summed E-state index contributed by atoms with van der Waals surface area (Å²) in [6, 6.07) is 14.7. The van der Waals surface area contributed by atoms with Crippen molar-refractivity contribution in [3.63, 3.8) is 0 Å². The molecule has 0 aliphatic heterocycles. The molecule has 2 amide bonds. The van der Waals surface area contributed by atoms with E-state index in [1.54, 1.807) is 23.2 Å². The smallest absolute Gasteiger partial charge is 0.268 e. The second-order valence-corrected chi connectivity index (χ2v) is 5.64. The van der Waals surface area contributed by atoms with E-state index in [1.165, 1.54) is 24.3 Å². The largest absolute Gasteiger partial charge is 0.270 e. The predicted octanol–water partition coefficient (Wildman–Crippen LogP) is 2.25. The number of nitro groups is 1. The molecule has 0 spiro atoms. The number of amides is 2. The summed E-state index contributed by atoms with van der Waals surface area (Å²) in [5.74, 6) is -1.23. The summed E-state index contributed by atoms with van der Waals surface area (Å²) >= 11 is 0. The van der Waals surface area contributed by atoms with Crippen molar-refractivity contribution in [2.45, 2.75) is 0 Å². The lowest BCUT2D eigenvalue weighted by molar-refractivity contribution is -0.384. The van der Waals surface area contributed by atoms with E-state index in [2.05, 4.69) is 16.0 Å². The highest BCUT2D eigenvalue weighted by Gasteiger charge is 2.11. The first-order chi connectivity index (χ1) is 13.5. The van der Waals surface area contributed by atoms with E-state index in [-0.39, 0.29) is 11.3 Å². The number of nitro benzene ring substituents is 1. The molecule has 0 fully saturated rings. The maximum Gasteiger partial charge on any atom is 0.270 e. The molecule has 1 aromatic heterocycles. The third-order valence-electron chi connectivity index (χ3n) is 3.67. The highest BCUT2D eigenvalue weighted by atomic mass is 16.6. The van der Waals surface area contributed by atoms with Crippen LogP contribution in [0, 0.1) is 10.1 Å². The van der Waals surface area contributed by atoms with E-state index < -0.39 is 16.7 Å². The Labute approximate surface area is 159 Å². The minimum atomic E-state index is -0.664. The number of aromatic nitrogens is 2. The Bertz CT molecular complexity index is 1040. The summed E-state index contributed by atoms with van der Waals surface area (Å²) in [5.41, 5.74) is 5.84. The molecule has 9 nitrogen and oxygen atoms in total. The number of hydrogen-bond acceptors (Lipinski definition) is 5. The van der Waals surface area contributed by atoms with Crippen molar-refractivity contribution in [3.8, 4) is 5.69 Å². The van der Waals surface area contributed by atoms with Gasteiger partial charge in [0.1, 0.15) is 0 Å². The van der Waals surface area contributed by atoms with Gasteiger partial charge in [0.2, 0.25) is 0 Å². The van der Waals surface area contributed by atoms with Gasteiger partial charge in [0, 0.05) is 35.5 Å². The van der Waals surface area contributed by atoms with Gasteiger partial charge in [-0.25, -0.2) is 4.68 Å². The van der Waals surface area contributed by atoms with E-state index in [0.717, 1.165) is 11.8 Å². The molecule has 0 aliphatic carbocycles. The predicted molar refractivity (Wildman–Crippen MR) is 101 cm³/mol. The number of benzene rings is 2. The minimum absolute atomic E-state index is 0.0580. The molecule has 0 unspecified atom stereocenters. The molecular formula is C19H15N5O4. The average Bonchev–Trinajstić information content (AvgIpc) is 3.20. The molecule has 9 heteroatoms. The molecule has 0 atom stereocenters. The van der Waals surface area contributed by atoms with Crippen molar-refractivity contribution < 1.29 is 14.5 Å². The number of nitrogens with one attached hydrogen (secondary N) is 2. The number of para-hydroxylation sites is 1. The lowest BCUT2D eigenvalue weighted by Gasteiger charge is -2.05. The number of rotatable bonds is 5. The lowest BCUT2D eigenvalue weighted by atomic mass is 10.2. The van der Waals surface area contributed by atoms with Gasteiger partial charge >= 0.3 is 0 Å². The molecule has 0 aliphatic rings. The fraction of sp³-hybridized carbons (Fsp3) is 0. The Kier molecular flexibility index (Phi) is 5.56. The van der Waals surface area contributed by atoms with Crippen LogP contribution in [0.2, 0.25) is 0 Å². The number of hydrogen-bond donors (Lipinski definition) is 2. The molecule has 1 heterocycles. The number of carbonyl (C=O) groups is 2. The van der Waals surface area contributed by atoms with Gasteiger partial charge < -0.3 is 0 Å². The number of non-ortho nitro benzene ring substituents is 1. The van der Waals surface area contributed by atoms with Crippen molar-refractivity contribution in [3.05, 3.63) is 94.3 Å². The van der Waals surface area contributed by atoms with Gasteiger partial charge in [0.15, 0.2) is 0 Å². The summed E-state index contributed by atoms with van der Waals surface area (Å²) in [4.78, 5) is 34.0. The molecule has 28 heavy (non-hydrogen) atoms. The van der Waals surface area contributed by atoms with Crippen LogP contribution in [0.3, 0.4) is 0 Å². The zero-order chi connectivity index (χ0) is 19.9. The maximum absolute atomic E-state index is 12.0. The zero-order valence-corrected chi connectivity index (χ0v) is 14.5. The molecule has 3 rings (SSSR count). The average molecular weight is 377 g/mol. The highest BCUT2D eigenvalue weighted by Crippen LogP contribution is 2.12. The van der Waals surface area contributed by atoms with E-state index in [1.807, 2.05) is 30.3 Å². The first-order valence-corrected chi connectivity index (χ1v) is 8.16. The van der Waals surface area contributed by atoms with Crippen molar-refractivity contribution in [2.24, 2.45) is 0 Å².